The van der Waals surface area contributed by atoms with Crippen molar-refractivity contribution in [3.63, 3.8) is 0 Å². The van der Waals surface area contributed by atoms with Gasteiger partial charge >= 0.3 is 0 Å². The number of nitrogens with two attached hydrogens (primary N) is 4. The number of benzene rings is 2. The van der Waals surface area contributed by atoms with Crippen molar-refractivity contribution in [2.75, 3.05) is 23.7 Å². The Bertz CT molecular complexity index is 1170. The highest BCUT2D eigenvalue weighted by atomic mass is 15.2. The second-order valence-corrected chi connectivity index (χ2v) is 12.8. The Labute approximate surface area is 290 Å². The molecule has 10 N–H and O–H groups in total. The summed E-state index contributed by atoms with van der Waals surface area (Å²) in [6.07, 6.45) is 16.1. The van der Waals surface area contributed by atoms with Gasteiger partial charge in [0.1, 0.15) is 0 Å². The molecule has 0 heterocycles. The van der Waals surface area contributed by atoms with Crippen LogP contribution in [0, 0.1) is 11.8 Å². The molecule has 2 rings (SSSR count). The second-order valence-electron chi connectivity index (χ2n) is 12.8. The lowest BCUT2D eigenvalue weighted by Crippen LogP contribution is -2.26. The van der Waals surface area contributed by atoms with Gasteiger partial charge in [-0.25, -0.2) is 0 Å². The summed E-state index contributed by atoms with van der Waals surface area (Å²) in [4.78, 5) is 17.0. The minimum atomic E-state index is 0.170. The van der Waals surface area contributed by atoms with Crippen molar-refractivity contribution >= 4 is 35.2 Å². The van der Waals surface area contributed by atoms with E-state index >= 15 is 0 Å². The largest absolute Gasteiger partial charge is 0.369 e. The highest BCUT2D eigenvalue weighted by Crippen LogP contribution is 2.21. The monoisotopic (exact) mass is 661 g/mol. The summed E-state index contributed by atoms with van der Waals surface area (Å²) in [6.45, 7) is 10.2. The highest BCUT2D eigenvalue weighted by molar-refractivity contribution is 6.01. The third-order valence-corrected chi connectivity index (χ3v) is 8.67. The van der Waals surface area contributed by atoms with E-state index < -0.39 is 0 Å². The molecule has 266 valence electrons. The molecule has 0 radical (unpaired) electrons. The molecule has 48 heavy (non-hydrogen) atoms. The van der Waals surface area contributed by atoms with Crippen LogP contribution >= 0.6 is 0 Å². The normalized spacial score (nSPS) is 14.2. The molecule has 0 bridgehead atoms. The van der Waals surface area contributed by atoms with Gasteiger partial charge in [-0.2, -0.15) is 9.98 Å². The fourth-order valence-electron chi connectivity index (χ4n) is 5.64. The first kappa shape index (κ1) is 40.1. The maximum Gasteiger partial charge on any atom is 0.218 e. The quantitative estimate of drug-likeness (QED) is 0.0457. The number of guanidine groups is 4. The first-order chi connectivity index (χ1) is 23.3. The summed E-state index contributed by atoms with van der Waals surface area (Å²) < 4.78 is 0. The lowest BCUT2D eigenvalue weighted by molar-refractivity contribution is 0.449. The Hall–Kier alpha value is -4.08. The summed E-state index contributed by atoms with van der Waals surface area (Å²) in [6, 6.07) is 16.7. The molecule has 2 atom stereocenters. The highest BCUT2D eigenvalue weighted by Gasteiger charge is 2.09. The van der Waals surface area contributed by atoms with Gasteiger partial charge in [-0.1, -0.05) is 116 Å². The number of anilines is 2. The van der Waals surface area contributed by atoms with E-state index in [0.29, 0.717) is 13.1 Å². The number of hydrogen-bond acceptors (Lipinski definition) is 2. The molecule has 0 amide bonds. The van der Waals surface area contributed by atoms with Crippen LogP contribution in [0.3, 0.4) is 0 Å². The summed E-state index contributed by atoms with van der Waals surface area (Å²) in [7, 11) is 0. The average Bonchev–Trinajstić information content (AvgIpc) is 3.07. The standard InChI is InChI=1S/C38H64N10/c1-5-9-15-29(7-3)27-31-17-21-33(22-18-31)45-37(41)47-35(39)43-25-13-11-12-14-26-44-36(40)48-38(42)46-34-23-19-32(20-24-34)28-30(8-4)16-10-6-2/h17-24,29-30H,5-16,25-28H2,1-4H3,(H5,39,41,43,45,47)(H5,40,42,44,46,48). The van der Waals surface area contributed by atoms with E-state index in [-0.39, 0.29) is 23.8 Å². The van der Waals surface area contributed by atoms with E-state index in [0.717, 1.165) is 61.7 Å². The van der Waals surface area contributed by atoms with Crippen molar-refractivity contribution in [3.8, 4) is 0 Å². The van der Waals surface area contributed by atoms with Gasteiger partial charge in [-0.15, -0.1) is 0 Å². The van der Waals surface area contributed by atoms with Crippen molar-refractivity contribution in [3.05, 3.63) is 59.7 Å². The fourth-order valence-corrected chi connectivity index (χ4v) is 5.64. The Kier molecular flexibility index (Phi) is 20.1. The van der Waals surface area contributed by atoms with E-state index in [9.17, 15) is 0 Å². The van der Waals surface area contributed by atoms with Crippen LogP contribution in [-0.2, 0) is 12.8 Å². The zero-order chi connectivity index (χ0) is 35.0. The molecule has 2 aromatic rings. The SMILES string of the molecule is CCCCC(CC)Cc1ccc(NC(N)=NC(N)=NCCCCCCN=C(N)N=C(N)Nc2ccc(CC(CC)CCCC)cc2)cc1. The Morgan fingerprint density at radius 2 is 0.917 bits per heavy atom. The van der Waals surface area contributed by atoms with Crippen LogP contribution < -0.4 is 33.6 Å². The summed E-state index contributed by atoms with van der Waals surface area (Å²) >= 11 is 0. The average molecular weight is 661 g/mol. The van der Waals surface area contributed by atoms with Crippen LogP contribution in [0.4, 0.5) is 11.4 Å². The predicted molar refractivity (Wildman–Crippen MR) is 209 cm³/mol. The topological polar surface area (TPSA) is 178 Å². The van der Waals surface area contributed by atoms with Crippen molar-refractivity contribution in [1.82, 2.24) is 0 Å². The molecule has 10 heteroatoms. The lowest BCUT2D eigenvalue weighted by atomic mass is 9.92. The van der Waals surface area contributed by atoms with Crippen LogP contribution in [-0.4, -0.2) is 36.9 Å². The number of unbranched alkanes of at least 4 members (excludes halogenated alkanes) is 5. The van der Waals surface area contributed by atoms with Crippen molar-refractivity contribution < 1.29 is 0 Å². The Morgan fingerprint density at radius 1 is 0.542 bits per heavy atom. The third-order valence-electron chi connectivity index (χ3n) is 8.67. The van der Waals surface area contributed by atoms with Gasteiger partial charge in [0.2, 0.25) is 23.8 Å². The van der Waals surface area contributed by atoms with Crippen molar-refractivity contribution in [2.24, 2.45) is 54.7 Å². The number of aliphatic imine (C=N–C) groups is 4. The number of hydrogen-bond donors (Lipinski definition) is 6. The van der Waals surface area contributed by atoms with Gasteiger partial charge in [-0.05, 0) is 72.9 Å². The molecular formula is C38H64N10. The second kappa shape index (κ2) is 24.1. The summed E-state index contributed by atoms with van der Waals surface area (Å²) in [5, 5.41) is 6.19. The number of nitrogens with zero attached hydrogens (tertiary/aromatic N) is 4. The van der Waals surface area contributed by atoms with E-state index in [4.69, 9.17) is 22.9 Å². The third kappa shape index (κ3) is 17.7. The minimum absolute atomic E-state index is 0.170. The maximum atomic E-state index is 6.05. The van der Waals surface area contributed by atoms with Gasteiger partial charge in [0.05, 0.1) is 0 Å². The smallest absolute Gasteiger partial charge is 0.218 e. The molecule has 10 nitrogen and oxygen atoms in total. The first-order valence-electron chi connectivity index (χ1n) is 18.3. The first-order valence-corrected chi connectivity index (χ1v) is 18.3. The van der Waals surface area contributed by atoms with Crippen LogP contribution in [0.5, 0.6) is 0 Å². The van der Waals surface area contributed by atoms with Crippen LogP contribution in [0.15, 0.2) is 68.5 Å². The van der Waals surface area contributed by atoms with Gasteiger partial charge < -0.3 is 33.6 Å². The van der Waals surface area contributed by atoms with Crippen LogP contribution in [0.25, 0.3) is 0 Å². The van der Waals surface area contributed by atoms with Crippen LogP contribution in [0.1, 0.15) is 116 Å². The van der Waals surface area contributed by atoms with E-state index in [1.54, 1.807) is 0 Å². The summed E-state index contributed by atoms with van der Waals surface area (Å²) in [5.41, 5.74) is 28.5. The number of rotatable bonds is 21. The van der Waals surface area contributed by atoms with Gasteiger partial charge in [0, 0.05) is 24.5 Å². The van der Waals surface area contributed by atoms with Crippen LogP contribution in [0.2, 0.25) is 0 Å². The fraction of sp³-hybridized carbons (Fsp3) is 0.579. The van der Waals surface area contributed by atoms with Crippen molar-refractivity contribution in [2.45, 2.75) is 118 Å². The molecule has 0 fully saturated rings. The molecule has 0 aliphatic carbocycles. The summed E-state index contributed by atoms with van der Waals surface area (Å²) in [5.74, 6) is 2.26. The predicted octanol–water partition coefficient (Wildman–Crippen LogP) is 7.55. The Morgan fingerprint density at radius 3 is 1.25 bits per heavy atom. The zero-order valence-corrected chi connectivity index (χ0v) is 30.2. The molecule has 0 aliphatic rings. The lowest BCUT2D eigenvalue weighted by Gasteiger charge is -2.14. The Balaban J connectivity index is 1.64. The molecule has 0 aliphatic heterocycles. The zero-order valence-electron chi connectivity index (χ0n) is 30.2. The molecular weight excluding hydrogens is 596 g/mol. The van der Waals surface area contributed by atoms with E-state index in [1.165, 1.54) is 62.5 Å². The van der Waals surface area contributed by atoms with E-state index in [1.807, 2.05) is 24.3 Å². The molecule has 0 aromatic heterocycles. The van der Waals surface area contributed by atoms with E-state index in [2.05, 4.69) is 82.6 Å². The molecule has 2 unspecified atom stereocenters. The molecule has 0 spiro atoms. The minimum Gasteiger partial charge on any atom is -0.369 e. The number of nitrogens with one attached hydrogen (secondary N) is 2. The molecule has 0 saturated carbocycles. The van der Waals surface area contributed by atoms with Crippen molar-refractivity contribution in [1.29, 1.82) is 0 Å². The maximum absolute atomic E-state index is 6.05. The van der Waals surface area contributed by atoms with Gasteiger partial charge in [0.25, 0.3) is 0 Å². The molecule has 2 aromatic carbocycles. The van der Waals surface area contributed by atoms with Gasteiger partial charge in [-0.3, -0.25) is 9.98 Å². The van der Waals surface area contributed by atoms with Gasteiger partial charge in [0.15, 0.2) is 0 Å². The molecule has 0 saturated heterocycles.